The van der Waals surface area contributed by atoms with Crippen molar-refractivity contribution >= 4 is 31.9 Å². The van der Waals surface area contributed by atoms with Crippen molar-refractivity contribution in [2.45, 2.75) is 213 Å². The molecule has 0 fully saturated rings. The number of hydrogen-bond acceptors (Lipinski definition) is 12. The first-order valence-corrected chi connectivity index (χ1v) is 25.6. The van der Waals surface area contributed by atoms with E-state index in [0.717, 1.165) is 78.6 Å². The van der Waals surface area contributed by atoms with Gasteiger partial charge in [-0.2, -0.15) is 8.78 Å². The highest BCUT2D eigenvalue weighted by atomic mass is 79.9. The minimum absolute atomic E-state index is 0.0726. The van der Waals surface area contributed by atoms with Gasteiger partial charge >= 0.3 is 0 Å². The predicted molar refractivity (Wildman–Crippen MR) is 298 cm³/mol. The van der Waals surface area contributed by atoms with E-state index in [9.17, 15) is 8.78 Å². The van der Waals surface area contributed by atoms with Crippen molar-refractivity contribution in [3.05, 3.63) is 138 Å². The zero-order chi connectivity index (χ0) is 56.1. The highest BCUT2D eigenvalue weighted by Gasteiger charge is 2.23. The fourth-order valence-corrected chi connectivity index (χ4v) is 6.77. The third kappa shape index (κ3) is 22.6. The van der Waals surface area contributed by atoms with E-state index in [1.165, 1.54) is 12.4 Å². The van der Waals surface area contributed by atoms with Crippen molar-refractivity contribution in [3.63, 3.8) is 0 Å². The Morgan fingerprint density at radius 3 is 0.792 bits per heavy atom. The van der Waals surface area contributed by atoms with Crippen LogP contribution in [-0.4, -0.2) is 59.8 Å². The average molecular weight is 1120 g/mol. The fraction of sp³-hybridized carbons (Fsp3) is 0.571. The maximum atomic E-state index is 13.1. The minimum atomic E-state index is -0.567. The molecular formula is C56H84Br2F2N12. The first-order valence-electron chi connectivity index (χ1n) is 24.1. The van der Waals surface area contributed by atoms with Gasteiger partial charge in [0, 0.05) is 57.3 Å². The molecule has 0 saturated heterocycles. The molecule has 0 spiro atoms. The summed E-state index contributed by atoms with van der Waals surface area (Å²) in [4.78, 5) is 50.2. The summed E-state index contributed by atoms with van der Waals surface area (Å²) >= 11 is 6.35. The molecule has 0 amide bonds. The second-order valence-electron chi connectivity index (χ2n) is 24.0. The third-order valence-electron chi connectivity index (χ3n) is 10.0. The largest absolute Gasteiger partial charge is 0.258 e. The molecule has 0 saturated carbocycles. The van der Waals surface area contributed by atoms with E-state index in [2.05, 4.69) is 175 Å². The maximum absolute atomic E-state index is 13.1. The molecule has 0 aliphatic carbocycles. The molecule has 6 rings (SSSR count). The molecule has 6 aromatic heterocycles. The Morgan fingerprint density at radius 1 is 0.292 bits per heavy atom. The van der Waals surface area contributed by atoms with Crippen LogP contribution in [0.1, 0.15) is 204 Å². The second kappa shape index (κ2) is 26.5. The molecule has 16 heteroatoms. The van der Waals surface area contributed by atoms with Crippen molar-refractivity contribution in [1.29, 1.82) is 0 Å². The molecule has 396 valence electrons. The predicted octanol–water partition coefficient (Wildman–Crippen LogP) is 14.9. The molecule has 0 bridgehead atoms. The zero-order valence-electron chi connectivity index (χ0n) is 48.3. The molecule has 72 heavy (non-hydrogen) atoms. The van der Waals surface area contributed by atoms with Crippen LogP contribution in [0, 0.1) is 67.3 Å². The minimum Gasteiger partial charge on any atom is -0.258 e. The van der Waals surface area contributed by atoms with E-state index in [4.69, 9.17) is 0 Å². The monoisotopic (exact) mass is 1120 g/mol. The summed E-state index contributed by atoms with van der Waals surface area (Å²) in [6.45, 7) is 53.2. The van der Waals surface area contributed by atoms with E-state index in [1.807, 2.05) is 122 Å². The van der Waals surface area contributed by atoms with E-state index in [1.54, 1.807) is 0 Å². The Balaban J connectivity index is 0.000000432. The molecule has 0 atom stereocenters. The van der Waals surface area contributed by atoms with E-state index >= 15 is 0 Å². The van der Waals surface area contributed by atoms with Gasteiger partial charge in [0.05, 0.1) is 86.4 Å². The van der Waals surface area contributed by atoms with Crippen LogP contribution in [0.5, 0.6) is 0 Å². The molecule has 0 radical (unpaired) electrons. The highest BCUT2D eigenvalue weighted by Crippen LogP contribution is 2.26. The van der Waals surface area contributed by atoms with Gasteiger partial charge in [0.25, 0.3) is 0 Å². The molecule has 0 unspecified atom stereocenters. The van der Waals surface area contributed by atoms with Crippen molar-refractivity contribution in [3.8, 4) is 0 Å². The van der Waals surface area contributed by atoms with Gasteiger partial charge < -0.3 is 0 Å². The van der Waals surface area contributed by atoms with E-state index < -0.39 is 11.9 Å². The smallest absolute Gasteiger partial charge is 0.245 e. The Hall–Kier alpha value is -4.70. The average Bonchev–Trinajstić information content (AvgIpc) is 3.22. The lowest BCUT2D eigenvalue weighted by Gasteiger charge is -2.19. The van der Waals surface area contributed by atoms with Gasteiger partial charge in [-0.25, -0.2) is 19.9 Å². The van der Waals surface area contributed by atoms with Gasteiger partial charge in [-0.05, 0) is 87.2 Å². The Bertz CT molecular complexity index is 2380. The van der Waals surface area contributed by atoms with Crippen LogP contribution in [0.15, 0.2) is 46.4 Å². The molecule has 6 heterocycles. The van der Waals surface area contributed by atoms with Crippen LogP contribution in [0.2, 0.25) is 0 Å². The Labute approximate surface area is 448 Å². The first kappa shape index (κ1) is 65.3. The Morgan fingerprint density at radius 2 is 0.542 bits per heavy atom. The third-order valence-corrected chi connectivity index (χ3v) is 11.3. The van der Waals surface area contributed by atoms with Gasteiger partial charge in [0.2, 0.25) is 11.9 Å². The molecule has 0 aliphatic rings. The fourth-order valence-electron chi connectivity index (χ4n) is 6.18. The second-order valence-corrected chi connectivity index (χ2v) is 25.5. The van der Waals surface area contributed by atoms with Crippen molar-refractivity contribution < 1.29 is 8.78 Å². The summed E-state index contributed by atoms with van der Waals surface area (Å²) in [5, 5.41) is 0. The van der Waals surface area contributed by atoms with Crippen LogP contribution in [0.25, 0.3) is 0 Å². The summed E-state index contributed by atoms with van der Waals surface area (Å²) in [7, 11) is 0. The van der Waals surface area contributed by atoms with Gasteiger partial charge in [-0.15, -0.1) is 0 Å². The molecule has 0 aliphatic heterocycles. The molecule has 6 aromatic rings. The first-order chi connectivity index (χ1) is 32.5. The topological polar surface area (TPSA) is 155 Å². The van der Waals surface area contributed by atoms with E-state index in [-0.39, 0.29) is 37.1 Å². The zero-order valence-corrected chi connectivity index (χ0v) is 51.5. The summed E-state index contributed by atoms with van der Waals surface area (Å²) in [6, 6.07) is 0. The quantitative estimate of drug-likeness (QED) is 0.142. The lowest BCUT2D eigenvalue weighted by atomic mass is 9.90. The van der Waals surface area contributed by atoms with Gasteiger partial charge in [0.15, 0.2) is 4.60 Å². The van der Waals surface area contributed by atoms with Crippen LogP contribution >= 0.6 is 31.9 Å². The van der Waals surface area contributed by atoms with E-state index in [0.29, 0.717) is 5.69 Å². The number of rotatable bonds is 0. The summed E-state index contributed by atoms with van der Waals surface area (Å²) in [6.07, 6.45) is 10.2. The normalized spacial score (nSPS) is 11.8. The standard InChI is InChI=1S/3C10H16N2.C9H13BrN2.C9H13FN2.C8H10BrFN2/c3*1-7-6-11-8(2)9(12-7)10(3,4)5;1-6-8(10)12-7(5-11-6)9(2,3)4;1-6-5-11-8(10)7(12-6)9(2,3)4;1-8(2,3)5-4-11-7(10)6(9)12-5/h3*6H,1-5H3;2*5H,1-4H3;4H,1-3H3. The van der Waals surface area contributed by atoms with Crippen molar-refractivity contribution in [1.82, 2.24) is 59.8 Å². The molecular weight excluding hydrogens is 1040 g/mol. The number of halogens is 4. The number of aryl methyl sites for hydroxylation is 8. The SMILES string of the molecule is CC(C)(C)c1cnc(F)c(Br)n1.Cc1cnc(C)c(C(C)(C)C)n1.Cc1cnc(C)c(C(C)(C)C)n1.Cc1cnc(C)c(C(C)(C)C)n1.Cc1cnc(F)c(C(C)(C)C)n1.Cc1ncc(C(C)(C)C)nc1Br. The van der Waals surface area contributed by atoms with Gasteiger partial charge in [-0.3, -0.25) is 39.9 Å². The number of hydrogen-bond donors (Lipinski definition) is 0. The van der Waals surface area contributed by atoms with Gasteiger partial charge in [-0.1, -0.05) is 125 Å². The number of nitrogens with zero attached hydrogens (tertiary/aromatic N) is 12. The van der Waals surface area contributed by atoms with Crippen molar-refractivity contribution in [2.75, 3.05) is 0 Å². The van der Waals surface area contributed by atoms with Crippen molar-refractivity contribution in [2.24, 2.45) is 0 Å². The lowest BCUT2D eigenvalue weighted by Crippen LogP contribution is -2.17. The van der Waals surface area contributed by atoms with Crippen LogP contribution in [0.4, 0.5) is 8.78 Å². The van der Waals surface area contributed by atoms with Crippen LogP contribution in [0.3, 0.4) is 0 Å². The summed E-state index contributed by atoms with van der Waals surface area (Å²) < 4.78 is 26.8. The van der Waals surface area contributed by atoms with Crippen LogP contribution < -0.4 is 0 Å². The summed E-state index contributed by atoms with van der Waals surface area (Å²) in [5.41, 5.74) is 13.3. The molecule has 0 aromatic carbocycles. The molecule has 0 N–H and O–H groups in total. The lowest BCUT2D eigenvalue weighted by molar-refractivity contribution is 0.477. The molecule has 12 nitrogen and oxygen atoms in total. The highest BCUT2D eigenvalue weighted by molar-refractivity contribution is 9.10. The van der Waals surface area contributed by atoms with Gasteiger partial charge in [0.1, 0.15) is 10.3 Å². The number of aromatic nitrogens is 12. The van der Waals surface area contributed by atoms with Crippen LogP contribution in [-0.2, 0) is 32.5 Å². The Kier molecular flexibility index (Phi) is 24.0. The maximum Gasteiger partial charge on any atom is 0.245 e. The summed E-state index contributed by atoms with van der Waals surface area (Å²) in [5.74, 6) is -1.03.